The highest BCUT2D eigenvalue weighted by Crippen LogP contribution is 2.29. The number of hydrogen-bond donors (Lipinski definition) is 0. The van der Waals surface area contributed by atoms with Crippen LogP contribution in [0.2, 0.25) is 0 Å². The van der Waals surface area contributed by atoms with Crippen LogP contribution in [0.25, 0.3) is 0 Å². The van der Waals surface area contributed by atoms with Crippen LogP contribution in [0.3, 0.4) is 0 Å². The number of hydrogen-bond acceptors (Lipinski definition) is 4. The number of nitrogens with zero attached hydrogens (tertiary/aromatic N) is 2. The quantitative estimate of drug-likeness (QED) is 0.742. The smallest absolute Gasteiger partial charge is 0.222 e. The molecule has 1 aromatic carbocycles. The number of rotatable bonds is 5. The normalized spacial score (nSPS) is 17.8. The number of thiazole rings is 1. The Morgan fingerprint density at radius 2 is 2.38 bits per heavy atom. The predicted octanol–water partition coefficient (Wildman–Crippen LogP) is 4.25. The zero-order valence-corrected chi connectivity index (χ0v) is 16.1. The van der Waals surface area contributed by atoms with Crippen LogP contribution in [0.4, 0.5) is 0 Å². The van der Waals surface area contributed by atoms with Crippen LogP contribution in [0, 0.1) is 0 Å². The molecule has 1 fully saturated rings. The van der Waals surface area contributed by atoms with E-state index in [1.807, 2.05) is 34.7 Å². The zero-order chi connectivity index (χ0) is 16.9. The molecule has 6 heteroatoms. The van der Waals surface area contributed by atoms with Crippen molar-refractivity contribution in [3.05, 3.63) is 44.8 Å². The van der Waals surface area contributed by atoms with Gasteiger partial charge < -0.3 is 9.64 Å². The highest BCUT2D eigenvalue weighted by molar-refractivity contribution is 9.10. The van der Waals surface area contributed by atoms with Crippen LogP contribution in [0.15, 0.2) is 34.2 Å². The minimum atomic E-state index is 0.239. The van der Waals surface area contributed by atoms with Crippen LogP contribution < -0.4 is 4.74 Å². The second kappa shape index (κ2) is 8.12. The minimum absolute atomic E-state index is 0.239. The predicted molar refractivity (Wildman–Crippen MR) is 99.7 cm³/mol. The van der Waals surface area contributed by atoms with E-state index in [1.165, 1.54) is 0 Å². The fraction of sp³-hybridized carbons (Fsp3) is 0.444. The molecule has 1 amide bonds. The number of likely N-dealkylation sites (tertiary alicyclic amines) is 1. The number of carbonyl (C=O) groups excluding carboxylic acids is 1. The Morgan fingerprint density at radius 1 is 1.50 bits per heavy atom. The van der Waals surface area contributed by atoms with E-state index in [-0.39, 0.29) is 5.91 Å². The standard InChI is InChI=1S/C18H21BrN2O2S/c1-23-16-6-4-13(11-15(16)19)5-7-17(22)21-9-2-3-14(12-21)18-20-8-10-24-18/h4,6,8,10-11,14H,2-3,5,7,9,12H2,1H3. The number of halogens is 1. The van der Waals surface area contributed by atoms with Crippen molar-refractivity contribution < 1.29 is 9.53 Å². The average Bonchev–Trinajstić information content (AvgIpc) is 3.14. The Morgan fingerprint density at radius 3 is 3.08 bits per heavy atom. The monoisotopic (exact) mass is 408 g/mol. The number of piperidine rings is 1. The Labute approximate surface area is 155 Å². The van der Waals surface area contributed by atoms with E-state index in [2.05, 4.69) is 20.9 Å². The van der Waals surface area contributed by atoms with E-state index < -0.39 is 0 Å². The van der Waals surface area contributed by atoms with Crippen molar-refractivity contribution in [1.29, 1.82) is 0 Å². The summed E-state index contributed by atoms with van der Waals surface area (Å²) in [5.41, 5.74) is 1.14. The van der Waals surface area contributed by atoms with E-state index >= 15 is 0 Å². The molecule has 2 heterocycles. The van der Waals surface area contributed by atoms with Gasteiger partial charge in [-0.3, -0.25) is 4.79 Å². The largest absolute Gasteiger partial charge is 0.496 e. The Balaban J connectivity index is 1.55. The van der Waals surface area contributed by atoms with Gasteiger partial charge in [0.25, 0.3) is 0 Å². The van der Waals surface area contributed by atoms with Crippen molar-refractivity contribution >= 4 is 33.2 Å². The van der Waals surface area contributed by atoms with Gasteiger partial charge >= 0.3 is 0 Å². The van der Waals surface area contributed by atoms with Gasteiger partial charge in [0.15, 0.2) is 0 Å². The molecule has 0 aliphatic carbocycles. The van der Waals surface area contributed by atoms with Crippen LogP contribution >= 0.6 is 27.3 Å². The number of methoxy groups -OCH3 is 1. The first kappa shape index (κ1) is 17.4. The van der Waals surface area contributed by atoms with Crippen LogP contribution in [-0.2, 0) is 11.2 Å². The molecule has 0 spiro atoms. The molecule has 2 aromatic rings. The summed E-state index contributed by atoms with van der Waals surface area (Å²) in [6, 6.07) is 5.98. The van der Waals surface area contributed by atoms with Gasteiger partial charge in [0.2, 0.25) is 5.91 Å². The molecule has 128 valence electrons. The molecule has 1 aromatic heterocycles. The molecule has 0 radical (unpaired) electrons. The fourth-order valence-corrected chi connectivity index (χ4v) is 4.47. The lowest BCUT2D eigenvalue weighted by atomic mass is 9.98. The first-order chi connectivity index (χ1) is 11.7. The van der Waals surface area contributed by atoms with Gasteiger partial charge in [-0.15, -0.1) is 11.3 Å². The molecule has 0 bridgehead atoms. The van der Waals surface area contributed by atoms with Gasteiger partial charge in [0.1, 0.15) is 5.75 Å². The lowest BCUT2D eigenvalue weighted by Gasteiger charge is -2.32. The first-order valence-corrected chi connectivity index (χ1v) is 9.84. The number of ether oxygens (including phenoxy) is 1. The molecule has 0 saturated carbocycles. The second-order valence-corrected chi connectivity index (χ2v) is 7.80. The molecule has 0 N–H and O–H groups in total. The molecule has 1 atom stereocenters. The highest BCUT2D eigenvalue weighted by atomic mass is 79.9. The maximum absolute atomic E-state index is 12.6. The van der Waals surface area contributed by atoms with Crippen molar-refractivity contribution in [2.24, 2.45) is 0 Å². The molecule has 24 heavy (non-hydrogen) atoms. The summed E-state index contributed by atoms with van der Waals surface area (Å²) in [7, 11) is 1.65. The molecule has 3 rings (SSSR count). The molecular formula is C18H21BrN2O2S. The van der Waals surface area contributed by atoms with Crippen molar-refractivity contribution in [2.75, 3.05) is 20.2 Å². The second-order valence-electron chi connectivity index (χ2n) is 6.02. The number of carbonyl (C=O) groups is 1. The van der Waals surface area contributed by atoms with Gasteiger partial charge in [-0.1, -0.05) is 6.07 Å². The summed E-state index contributed by atoms with van der Waals surface area (Å²) in [5.74, 6) is 1.45. The Kier molecular flexibility index (Phi) is 5.89. The highest BCUT2D eigenvalue weighted by Gasteiger charge is 2.25. The topological polar surface area (TPSA) is 42.4 Å². The third-order valence-electron chi connectivity index (χ3n) is 4.42. The lowest BCUT2D eigenvalue weighted by molar-refractivity contribution is -0.132. The summed E-state index contributed by atoms with van der Waals surface area (Å²) in [6.45, 7) is 1.67. The van der Waals surface area contributed by atoms with Crippen LogP contribution in [0.5, 0.6) is 5.75 Å². The summed E-state index contributed by atoms with van der Waals surface area (Å²) >= 11 is 5.19. The minimum Gasteiger partial charge on any atom is -0.496 e. The van der Waals surface area contributed by atoms with Gasteiger partial charge in [0, 0.05) is 37.0 Å². The summed E-state index contributed by atoms with van der Waals surface area (Å²) in [5, 5.41) is 3.17. The van der Waals surface area contributed by atoms with Crippen molar-refractivity contribution in [2.45, 2.75) is 31.6 Å². The number of aryl methyl sites for hydroxylation is 1. The van der Waals surface area contributed by atoms with E-state index in [0.29, 0.717) is 12.3 Å². The lowest BCUT2D eigenvalue weighted by Crippen LogP contribution is -2.39. The molecule has 1 saturated heterocycles. The maximum atomic E-state index is 12.6. The molecule has 1 aliphatic heterocycles. The van der Waals surface area contributed by atoms with Gasteiger partial charge in [0.05, 0.1) is 16.6 Å². The van der Waals surface area contributed by atoms with Crippen LogP contribution in [0.1, 0.15) is 35.8 Å². The van der Waals surface area contributed by atoms with E-state index in [0.717, 1.165) is 53.1 Å². The van der Waals surface area contributed by atoms with Gasteiger partial charge in [-0.25, -0.2) is 4.98 Å². The van der Waals surface area contributed by atoms with Crippen LogP contribution in [-0.4, -0.2) is 36.0 Å². The molecular weight excluding hydrogens is 388 g/mol. The summed E-state index contributed by atoms with van der Waals surface area (Å²) in [4.78, 5) is 19.0. The first-order valence-electron chi connectivity index (χ1n) is 8.17. The van der Waals surface area contributed by atoms with Crippen molar-refractivity contribution in [1.82, 2.24) is 9.88 Å². The number of aromatic nitrogens is 1. The van der Waals surface area contributed by atoms with Gasteiger partial charge in [-0.05, 0) is 52.9 Å². The van der Waals surface area contributed by atoms with Gasteiger partial charge in [-0.2, -0.15) is 0 Å². The molecule has 1 aliphatic rings. The van der Waals surface area contributed by atoms with Crippen molar-refractivity contribution in [3.63, 3.8) is 0 Å². The molecule has 4 nitrogen and oxygen atoms in total. The summed E-state index contributed by atoms with van der Waals surface area (Å²) in [6.07, 6.45) is 5.33. The fourth-order valence-electron chi connectivity index (χ4n) is 3.12. The maximum Gasteiger partial charge on any atom is 0.222 e. The number of benzene rings is 1. The summed E-state index contributed by atoms with van der Waals surface area (Å²) < 4.78 is 6.17. The third-order valence-corrected chi connectivity index (χ3v) is 5.98. The van der Waals surface area contributed by atoms with E-state index in [1.54, 1.807) is 18.4 Å². The van der Waals surface area contributed by atoms with Crippen molar-refractivity contribution in [3.8, 4) is 5.75 Å². The Bertz CT molecular complexity index is 690. The SMILES string of the molecule is COc1ccc(CCC(=O)N2CCCC(c3nccs3)C2)cc1Br. The average molecular weight is 409 g/mol. The number of amides is 1. The third kappa shape index (κ3) is 4.16. The Hall–Kier alpha value is -1.40. The van der Waals surface area contributed by atoms with E-state index in [4.69, 9.17) is 4.74 Å². The zero-order valence-electron chi connectivity index (χ0n) is 13.7. The van der Waals surface area contributed by atoms with E-state index in [9.17, 15) is 4.79 Å². The molecule has 1 unspecified atom stereocenters.